The van der Waals surface area contributed by atoms with Crippen LogP contribution < -0.4 is 10.9 Å². The fourth-order valence-electron chi connectivity index (χ4n) is 2.18. The molecule has 0 aromatic carbocycles. The minimum Gasteiger partial charge on any atom is -0.273 e. The van der Waals surface area contributed by atoms with E-state index in [1.807, 2.05) is 0 Å². The third-order valence-corrected chi connectivity index (χ3v) is 3.52. The van der Waals surface area contributed by atoms with E-state index in [0.29, 0.717) is 12.0 Å². The molecule has 0 radical (unpaired) electrons. The van der Waals surface area contributed by atoms with Crippen LogP contribution in [0.2, 0.25) is 0 Å². The van der Waals surface area contributed by atoms with Crippen LogP contribution in [0.25, 0.3) is 0 Å². The van der Waals surface area contributed by atoms with Gasteiger partial charge in [-0.15, -0.1) is 0 Å². The van der Waals surface area contributed by atoms with Gasteiger partial charge in [0.2, 0.25) is 5.91 Å². The maximum atomic E-state index is 11.7. The summed E-state index contributed by atoms with van der Waals surface area (Å²) >= 11 is 0. The molecule has 5 heteroatoms. The summed E-state index contributed by atoms with van der Waals surface area (Å²) in [4.78, 5) is 27.1. The Balaban J connectivity index is 2.01. The van der Waals surface area contributed by atoms with E-state index in [-0.39, 0.29) is 11.8 Å². The number of hydrogen-bond acceptors (Lipinski definition) is 3. The highest BCUT2D eigenvalue weighted by Crippen LogP contribution is 2.09. The van der Waals surface area contributed by atoms with E-state index in [9.17, 15) is 9.59 Å². The quantitative estimate of drug-likeness (QED) is 0.514. The molecule has 0 aliphatic rings. The highest BCUT2D eigenvalue weighted by Gasteiger charge is 2.06. The van der Waals surface area contributed by atoms with Crippen molar-refractivity contribution in [3.05, 3.63) is 30.1 Å². The van der Waals surface area contributed by atoms with Crippen LogP contribution in [0.5, 0.6) is 0 Å². The molecular weight excluding hydrogens is 278 g/mol. The fourth-order valence-corrected chi connectivity index (χ4v) is 2.18. The topological polar surface area (TPSA) is 71.1 Å². The molecule has 2 amide bonds. The normalized spacial score (nSPS) is 10.2. The summed E-state index contributed by atoms with van der Waals surface area (Å²) in [7, 11) is 0. The van der Waals surface area contributed by atoms with Gasteiger partial charge in [-0.25, -0.2) is 0 Å². The van der Waals surface area contributed by atoms with Crippen LogP contribution in [0.1, 0.15) is 75.1 Å². The summed E-state index contributed by atoms with van der Waals surface area (Å²) in [6.45, 7) is 2.21. The summed E-state index contributed by atoms with van der Waals surface area (Å²) < 4.78 is 0. The van der Waals surface area contributed by atoms with Gasteiger partial charge in [-0.1, -0.05) is 51.9 Å². The van der Waals surface area contributed by atoms with Crippen LogP contribution in [0.3, 0.4) is 0 Å². The minimum atomic E-state index is -0.327. The molecule has 0 atom stereocenters. The van der Waals surface area contributed by atoms with E-state index < -0.39 is 0 Å². The zero-order chi connectivity index (χ0) is 16.0. The molecule has 0 bridgehead atoms. The average Bonchev–Trinajstić information content (AvgIpc) is 2.56. The first-order chi connectivity index (χ1) is 10.7. The van der Waals surface area contributed by atoms with Crippen molar-refractivity contribution in [1.29, 1.82) is 0 Å². The lowest BCUT2D eigenvalue weighted by Crippen LogP contribution is -2.41. The van der Waals surface area contributed by atoms with E-state index >= 15 is 0 Å². The summed E-state index contributed by atoms with van der Waals surface area (Å²) in [6.07, 6.45) is 13.1. The second-order valence-electron chi connectivity index (χ2n) is 5.46. The van der Waals surface area contributed by atoms with Crippen molar-refractivity contribution in [2.75, 3.05) is 0 Å². The molecule has 1 aromatic heterocycles. The van der Waals surface area contributed by atoms with Gasteiger partial charge in [-0.05, 0) is 18.6 Å². The second-order valence-corrected chi connectivity index (χ2v) is 5.46. The van der Waals surface area contributed by atoms with Crippen molar-refractivity contribution in [3.8, 4) is 0 Å². The molecule has 1 aromatic rings. The van der Waals surface area contributed by atoms with Gasteiger partial charge in [0.05, 0.1) is 0 Å². The molecule has 0 saturated heterocycles. The van der Waals surface area contributed by atoms with Gasteiger partial charge in [0, 0.05) is 24.4 Å². The van der Waals surface area contributed by atoms with Crippen molar-refractivity contribution >= 4 is 11.8 Å². The van der Waals surface area contributed by atoms with Crippen molar-refractivity contribution in [3.63, 3.8) is 0 Å². The number of hydrogen-bond donors (Lipinski definition) is 2. The Hall–Kier alpha value is -1.91. The molecule has 0 spiro atoms. The smallest absolute Gasteiger partial charge is 0.269 e. The monoisotopic (exact) mass is 305 g/mol. The Bertz CT molecular complexity index is 435. The standard InChI is InChI=1S/C17H27N3O2/c1-2-3-4-5-6-7-8-9-10-16(21)19-20-17(22)15-11-13-18-14-12-15/h11-14H,2-10H2,1H3,(H,19,21)(H,20,22). The Kier molecular flexibility index (Phi) is 9.66. The third-order valence-electron chi connectivity index (χ3n) is 3.52. The number of carbonyl (C=O) groups is 2. The van der Waals surface area contributed by atoms with Gasteiger partial charge in [0.15, 0.2) is 0 Å². The summed E-state index contributed by atoms with van der Waals surface area (Å²) in [6, 6.07) is 3.19. The Morgan fingerprint density at radius 1 is 0.909 bits per heavy atom. The Morgan fingerprint density at radius 2 is 1.50 bits per heavy atom. The molecule has 0 aliphatic heterocycles. The number of carbonyl (C=O) groups excluding carboxylic acids is 2. The van der Waals surface area contributed by atoms with Crippen LogP contribution in [0.15, 0.2) is 24.5 Å². The molecule has 1 heterocycles. The van der Waals surface area contributed by atoms with Gasteiger partial charge in [0.1, 0.15) is 0 Å². The number of amides is 2. The van der Waals surface area contributed by atoms with Gasteiger partial charge < -0.3 is 0 Å². The van der Waals surface area contributed by atoms with Gasteiger partial charge in [0.25, 0.3) is 5.91 Å². The summed E-state index contributed by atoms with van der Waals surface area (Å²) in [5.74, 6) is -0.472. The lowest BCUT2D eigenvalue weighted by Gasteiger charge is -2.07. The van der Waals surface area contributed by atoms with Crippen LogP contribution in [0, 0.1) is 0 Å². The zero-order valence-corrected chi connectivity index (χ0v) is 13.4. The molecule has 0 saturated carbocycles. The van der Waals surface area contributed by atoms with E-state index in [2.05, 4.69) is 22.8 Å². The predicted molar refractivity (Wildman–Crippen MR) is 87.1 cm³/mol. The van der Waals surface area contributed by atoms with Crippen LogP contribution in [-0.4, -0.2) is 16.8 Å². The van der Waals surface area contributed by atoms with E-state index in [4.69, 9.17) is 0 Å². The van der Waals surface area contributed by atoms with Crippen molar-refractivity contribution in [1.82, 2.24) is 15.8 Å². The number of pyridine rings is 1. The van der Waals surface area contributed by atoms with Crippen LogP contribution >= 0.6 is 0 Å². The Morgan fingerprint density at radius 3 is 2.14 bits per heavy atom. The maximum absolute atomic E-state index is 11.7. The molecule has 2 N–H and O–H groups in total. The third kappa shape index (κ3) is 8.39. The predicted octanol–water partition coefficient (Wildman–Crippen LogP) is 3.37. The molecule has 0 unspecified atom stereocenters. The molecule has 5 nitrogen and oxygen atoms in total. The molecular formula is C17H27N3O2. The van der Waals surface area contributed by atoms with E-state index in [0.717, 1.165) is 12.8 Å². The van der Waals surface area contributed by atoms with Gasteiger partial charge in [-0.2, -0.15) is 0 Å². The first-order valence-corrected chi connectivity index (χ1v) is 8.23. The largest absolute Gasteiger partial charge is 0.273 e. The lowest BCUT2D eigenvalue weighted by molar-refractivity contribution is -0.122. The SMILES string of the molecule is CCCCCCCCCCC(=O)NNC(=O)c1ccncc1. The van der Waals surface area contributed by atoms with Gasteiger partial charge in [-0.3, -0.25) is 25.4 Å². The number of aromatic nitrogens is 1. The molecule has 22 heavy (non-hydrogen) atoms. The second kappa shape index (κ2) is 11.7. The number of unbranched alkanes of at least 4 members (excludes halogenated alkanes) is 7. The van der Waals surface area contributed by atoms with E-state index in [1.54, 1.807) is 12.1 Å². The van der Waals surface area contributed by atoms with Crippen molar-refractivity contribution in [2.45, 2.75) is 64.7 Å². The van der Waals surface area contributed by atoms with Gasteiger partial charge >= 0.3 is 0 Å². The van der Waals surface area contributed by atoms with Crippen LogP contribution in [-0.2, 0) is 4.79 Å². The van der Waals surface area contributed by atoms with Crippen LogP contribution in [0.4, 0.5) is 0 Å². The fraction of sp³-hybridized carbons (Fsp3) is 0.588. The Labute approximate surface area is 132 Å². The maximum Gasteiger partial charge on any atom is 0.269 e. The number of nitrogens with zero attached hydrogens (tertiary/aromatic N) is 1. The number of rotatable bonds is 10. The van der Waals surface area contributed by atoms with Crippen molar-refractivity contribution < 1.29 is 9.59 Å². The first kappa shape index (κ1) is 18.1. The summed E-state index contributed by atoms with van der Waals surface area (Å²) in [5, 5.41) is 0. The van der Waals surface area contributed by atoms with E-state index in [1.165, 1.54) is 50.9 Å². The first-order valence-electron chi connectivity index (χ1n) is 8.23. The summed E-state index contributed by atoms with van der Waals surface area (Å²) in [5.41, 5.74) is 5.32. The molecule has 0 aliphatic carbocycles. The number of nitrogens with one attached hydrogen (secondary N) is 2. The average molecular weight is 305 g/mol. The highest BCUT2D eigenvalue weighted by atomic mass is 16.2. The molecule has 122 valence electrons. The highest BCUT2D eigenvalue weighted by molar-refractivity contribution is 5.95. The lowest BCUT2D eigenvalue weighted by atomic mass is 10.1. The van der Waals surface area contributed by atoms with Crippen molar-refractivity contribution in [2.24, 2.45) is 0 Å². The zero-order valence-electron chi connectivity index (χ0n) is 13.4. The molecule has 1 rings (SSSR count). The number of hydrazine groups is 1. The molecule has 0 fully saturated rings. The minimum absolute atomic E-state index is 0.145.